The second-order valence-corrected chi connectivity index (χ2v) is 7.62. The van der Waals surface area contributed by atoms with Crippen molar-refractivity contribution >= 4 is 12.2 Å². The number of rotatable bonds is 2. The summed E-state index contributed by atoms with van der Waals surface area (Å²) in [4.78, 5) is 24.1. The van der Waals surface area contributed by atoms with E-state index in [1.807, 2.05) is 19.9 Å². The molecule has 0 atom stereocenters. The second kappa shape index (κ2) is 10.7. The van der Waals surface area contributed by atoms with Gasteiger partial charge >= 0.3 is 0 Å². The Morgan fingerprint density at radius 2 is 1.46 bits per heavy atom. The van der Waals surface area contributed by atoms with Gasteiger partial charge in [0.05, 0.1) is 0 Å². The van der Waals surface area contributed by atoms with Crippen molar-refractivity contribution in [3.63, 3.8) is 0 Å². The number of nitrogens with zero attached hydrogens (tertiary/aromatic N) is 1. The van der Waals surface area contributed by atoms with Crippen molar-refractivity contribution in [3.8, 4) is 0 Å². The molecule has 1 rings (SSSR count). The van der Waals surface area contributed by atoms with Crippen LogP contribution < -0.4 is 0 Å². The van der Waals surface area contributed by atoms with Crippen LogP contribution >= 0.6 is 0 Å². The van der Waals surface area contributed by atoms with Crippen molar-refractivity contribution in [3.05, 3.63) is 29.2 Å². The van der Waals surface area contributed by atoms with Gasteiger partial charge in [-0.2, -0.15) is 25.3 Å². The average Bonchev–Trinajstić information content (AvgIpc) is 2.42. The zero-order valence-corrected chi connectivity index (χ0v) is 19.7. The molecule has 0 aliphatic carbocycles. The Hall–Kier alpha value is -0.276. The first-order valence-corrected chi connectivity index (χ1v) is 8.23. The van der Waals surface area contributed by atoms with Crippen LogP contribution in [0.1, 0.15) is 75.2 Å². The van der Waals surface area contributed by atoms with Crippen molar-refractivity contribution in [2.45, 2.75) is 86.2 Å². The summed E-state index contributed by atoms with van der Waals surface area (Å²) < 4.78 is 0. The topological polar surface area (TPSA) is 37.4 Å². The molecular formula is C20H33NO2Y-2. The summed E-state index contributed by atoms with van der Waals surface area (Å²) in [5.41, 5.74) is 1.32. The Balaban J connectivity index is 0. The van der Waals surface area contributed by atoms with Crippen LogP contribution in [0.15, 0.2) is 23.3 Å². The number of hydrogen-bond donors (Lipinski definition) is 0. The maximum atomic E-state index is 12.5. The van der Waals surface area contributed by atoms with E-state index < -0.39 is 0 Å². The van der Waals surface area contributed by atoms with E-state index in [1.165, 1.54) is 5.92 Å². The third kappa shape index (κ3) is 7.31. The third-order valence-corrected chi connectivity index (χ3v) is 4.25. The van der Waals surface area contributed by atoms with Crippen LogP contribution in [0.5, 0.6) is 0 Å². The van der Waals surface area contributed by atoms with E-state index in [0.29, 0.717) is 5.57 Å². The number of amides is 1. The first kappa shape index (κ1) is 26.0. The van der Waals surface area contributed by atoms with Gasteiger partial charge in [-0.1, -0.05) is 13.0 Å². The number of piperidine rings is 1. The second-order valence-electron chi connectivity index (χ2n) is 7.62. The molecule has 135 valence electrons. The molecule has 0 spiro atoms. The van der Waals surface area contributed by atoms with E-state index in [0.717, 1.165) is 18.4 Å². The Labute approximate surface area is 174 Å². The molecule has 24 heavy (non-hydrogen) atoms. The van der Waals surface area contributed by atoms with Gasteiger partial charge in [-0.15, -0.1) is 6.92 Å². The van der Waals surface area contributed by atoms with Crippen molar-refractivity contribution < 1.29 is 42.3 Å². The molecule has 4 heteroatoms. The van der Waals surface area contributed by atoms with Crippen molar-refractivity contribution in [2.24, 2.45) is 0 Å². The van der Waals surface area contributed by atoms with Gasteiger partial charge in [0.25, 0.3) is 0 Å². The van der Waals surface area contributed by atoms with Gasteiger partial charge in [-0.25, -0.2) is 6.08 Å². The van der Waals surface area contributed by atoms with Gasteiger partial charge in [0.15, 0.2) is 0 Å². The van der Waals surface area contributed by atoms with E-state index in [-0.39, 0.29) is 49.7 Å². The average molecular weight is 408 g/mol. The molecule has 0 saturated carbocycles. The molecule has 0 aromatic heterocycles. The largest absolute Gasteiger partial charge is 0.419 e. The zero-order valence-electron chi connectivity index (χ0n) is 16.9. The van der Waals surface area contributed by atoms with Gasteiger partial charge in [-0.05, 0) is 47.8 Å². The molecule has 1 aliphatic heterocycles. The Kier molecular flexibility index (Phi) is 11.5. The van der Waals surface area contributed by atoms with Crippen LogP contribution in [0.4, 0.5) is 0 Å². The number of allylic oxidation sites excluding steroid dienone is 3. The molecule has 0 aromatic rings. The normalized spacial score (nSPS) is 20.5. The molecule has 3 nitrogen and oxygen atoms in total. The molecule has 0 bridgehead atoms. The minimum absolute atomic E-state index is 0. The molecule has 1 radical (unpaired) electrons. The minimum atomic E-state index is -0.0901. The summed E-state index contributed by atoms with van der Waals surface area (Å²) in [6.45, 7) is 18.2. The summed E-state index contributed by atoms with van der Waals surface area (Å²) in [5.74, 6) is 1.66. The van der Waals surface area contributed by atoms with Crippen LogP contribution in [0, 0.1) is 5.92 Å². The minimum Gasteiger partial charge on any atom is -0.419 e. The predicted octanol–water partition coefficient (Wildman–Crippen LogP) is 4.79. The molecule has 1 saturated heterocycles. The third-order valence-electron chi connectivity index (χ3n) is 4.25. The van der Waals surface area contributed by atoms with E-state index in [1.54, 1.807) is 26.2 Å². The summed E-state index contributed by atoms with van der Waals surface area (Å²) in [6, 6.07) is 0. The fourth-order valence-electron chi connectivity index (χ4n) is 3.43. The molecule has 0 N–H and O–H groups in total. The maximum Gasteiger partial charge on any atom is 0.249 e. The van der Waals surface area contributed by atoms with Crippen molar-refractivity contribution in [1.29, 1.82) is 0 Å². The van der Waals surface area contributed by atoms with E-state index in [4.69, 9.17) is 0 Å². The standard InChI is InChI=1S/C15H26NO.C5H7O.Y/c1-8-12(3)13(17)16-14(4,5)9-11(2)10-15(16,6)7;1-3-5(2)4-6;/h8H,9-10H2,1-7H3;3H,1-2H3;/q2*-1;. The predicted molar refractivity (Wildman–Crippen MR) is 97.7 cm³/mol. The van der Waals surface area contributed by atoms with E-state index in [2.05, 4.69) is 39.5 Å². The van der Waals surface area contributed by atoms with Crippen LogP contribution in [0.3, 0.4) is 0 Å². The van der Waals surface area contributed by atoms with Crippen LogP contribution in [-0.4, -0.2) is 28.2 Å². The number of hydrogen-bond acceptors (Lipinski definition) is 2. The van der Waals surface area contributed by atoms with Gasteiger partial charge in [0.2, 0.25) is 5.91 Å². The van der Waals surface area contributed by atoms with E-state index in [9.17, 15) is 9.59 Å². The molecular weight excluding hydrogens is 375 g/mol. The number of likely N-dealkylation sites (tertiary alicyclic amines) is 1. The Morgan fingerprint density at radius 1 is 1.04 bits per heavy atom. The molecule has 1 heterocycles. The summed E-state index contributed by atoms with van der Waals surface area (Å²) in [6.07, 6.45) is 7.34. The Morgan fingerprint density at radius 3 is 1.71 bits per heavy atom. The molecule has 1 fully saturated rings. The summed E-state index contributed by atoms with van der Waals surface area (Å²) >= 11 is 0. The number of carbonyl (C=O) groups is 1. The molecule has 1 aliphatic rings. The van der Waals surface area contributed by atoms with Crippen LogP contribution in [0.2, 0.25) is 0 Å². The van der Waals surface area contributed by atoms with Crippen molar-refractivity contribution in [2.75, 3.05) is 0 Å². The fraction of sp³-hybridized carbons (Fsp3) is 0.650. The van der Waals surface area contributed by atoms with Gasteiger partial charge in [-0.3, -0.25) is 4.79 Å². The first-order chi connectivity index (χ1) is 10.4. The summed E-state index contributed by atoms with van der Waals surface area (Å²) in [5, 5.41) is 0. The molecule has 1 amide bonds. The van der Waals surface area contributed by atoms with Crippen molar-refractivity contribution in [1.82, 2.24) is 4.90 Å². The van der Waals surface area contributed by atoms with E-state index >= 15 is 0 Å². The quantitative estimate of drug-likeness (QED) is 0.487. The van der Waals surface area contributed by atoms with Gasteiger partial charge in [0, 0.05) is 49.4 Å². The number of carbonyl (C=O) groups excluding carboxylic acids is 2. The molecule has 0 aromatic carbocycles. The van der Waals surface area contributed by atoms with Gasteiger partial charge < -0.3 is 15.6 Å². The Bertz CT molecular complexity index is 472. The summed E-state index contributed by atoms with van der Waals surface area (Å²) in [7, 11) is 0. The smallest absolute Gasteiger partial charge is 0.249 e. The van der Waals surface area contributed by atoms with Gasteiger partial charge in [0.1, 0.15) is 0 Å². The maximum absolute atomic E-state index is 12.5. The monoisotopic (exact) mass is 408 g/mol. The zero-order chi connectivity index (χ0) is 18.4. The SMILES string of the molecule is CC=C(C)C(=O)N1C(C)(C)C[C-](C)CC1(C)C.CC=C(C)[C-]=O.[Y]. The first-order valence-electron chi connectivity index (χ1n) is 8.23. The fourth-order valence-corrected chi connectivity index (χ4v) is 3.43. The van der Waals surface area contributed by atoms with Crippen LogP contribution in [-0.2, 0) is 42.3 Å². The molecule has 0 unspecified atom stereocenters. The van der Waals surface area contributed by atoms with Crippen LogP contribution in [0.25, 0.3) is 0 Å².